The van der Waals surface area contributed by atoms with Crippen LogP contribution in [-0.2, 0) is 9.59 Å². The second kappa shape index (κ2) is 6.04. The molecule has 20 heavy (non-hydrogen) atoms. The van der Waals surface area contributed by atoms with E-state index < -0.39 is 11.2 Å². The van der Waals surface area contributed by atoms with Crippen LogP contribution >= 0.6 is 11.8 Å². The number of amides is 1. The number of carbonyl (C=O) groups excluding carboxylic acids is 1. The Morgan fingerprint density at radius 1 is 1.45 bits per heavy atom. The number of aliphatic imine (C=N–C) groups is 1. The molecule has 0 aromatic heterocycles. The molecule has 7 heteroatoms. The van der Waals surface area contributed by atoms with Gasteiger partial charge in [-0.3, -0.25) is 14.5 Å². The predicted octanol–water partition coefficient (Wildman–Crippen LogP) is 2.25. The summed E-state index contributed by atoms with van der Waals surface area (Å²) in [6, 6.07) is 5.58. The van der Waals surface area contributed by atoms with Gasteiger partial charge in [0.2, 0.25) is 5.91 Å². The molecule has 1 amide bonds. The monoisotopic (exact) mass is 296 g/mol. The number of halogens is 1. The quantitative estimate of drug-likeness (QED) is 0.925. The van der Waals surface area contributed by atoms with E-state index in [1.165, 1.54) is 29.2 Å². The summed E-state index contributed by atoms with van der Waals surface area (Å²) in [4.78, 5) is 28.5. The van der Waals surface area contributed by atoms with E-state index in [-0.39, 0.29) is 18.1 Å². The summed E-state index contributed by atoms with van der Waals surface area (Å²) in [5.41, 5.74) is 0.524. The Labute approximate surface area is 119 Å². The lowest BCUT2D eigenvalue weighted by atomic mass is 10.3. The summed E-state index contributed by atoms with van der Waals surface area (Å²) in [6.45, 7) is 2.21. The van der Waals surface area contributed by atoms with E-state index in [9.17, 15) is 14.0 Å². The van der Waals surface area contributed by atoms with Gasteiger partial charge < -0.3 is 5.11 Å². The second-order valence-corrected chi connectivity index (χ2v) is 5.33. The normalized spacial score (nSPS) is 20.7. The number of carboxylic acids is 1. The van der Waals surface area contributed by atoms with Crippen LogP contribution in [-0.4, -0.2) is 38.8 Å². The summed E-state index contributed by atoms with van der Waals surface area (Å²) < 4.78 is 12.8. The lowest BCUT2D eigenvalue weighted by Crippen LogP contribution is -2.32. The molecule has 0 radical (unpaired) electrons. The lowest BCUT2D eigenvalue weighted by Gasteiger charge is -2.12. The SMILES string of the molecule is CCN1C(=O)[C@H](CC(=O)O)SC1=Nc1ccc(F)cc1. The van der Waals surface area contributed by atoms with Crippen molar-refractivity contribution in [2.45, 2.75) is 18.6 Å². The molecular formula is C13H13FN2O3S. The minimum absolute atomic E-state index is 0.234. The number of hydrogen-bond acceptors (Lipinski definition) is 4. The minimum atomic E-state index is -1.02. The highest BCUT2D eigenvalue weighted by Gasteiger charge is 2.38. The summed E-state index contributed by atoms with van der Waals surface area (Å²) in [5, 5.41) is 8.60. The van der Waals surface area contributed by atoms with Crippen LogP contribution in [0.25, 0.3) is 0 Å². The van der Waals surface area contributed by atoms with Crippen molar-refractivity contribution >= 4 is 34.5 Å². The molecule has 5 nitrogen and oxygen atoms in total. The molecule has 1 aromatic rings. The van der Waals surface area contributed by atoms with Gasteiger partial charge in [0.1, 0.15) is 11.1 Å². The van der Waals surface area contributed by atoms with Gasteiger partial charge in [0.05, 0.1) is 12.1 Å². The largest absolute Gasteiger partial charge is 0.481 e. The van der Waals surface area contributed by atoms with Gasteiger partial charge in [-0.25, -0.2) is 9.38 Å². The molecule has 0 unspecified atom stereocenters. The highest BCUT2D eigenvalue weighted by Crippen LogP contribution is 2.31. The first-order chi connectivity index (χ1) is 9.51. The van der Waals surface area contributed by atoms with Gasteiger partial charge in [-0.1, -0.05) is 11.8 Å². The van der Waals surface area contributed by atoms with Gasteiger partial charge >= 0.3 is 5.97 Å². The summed E-state index contributed by atoms with van der Waals surface area (Å²) in [5.74, 6) is -1.63. The Kier molecular flexibility index (Phi) is 4.39. The predicted molar refractivity (Wildman–Crippen MR) is 74.5 cm³/mol. The van der Waals surface area contributed by atoms with Gasteiger partial charge in [-0.2, -0.15) is 0 Å². The zero-order valence-electron chi connectivity index (χ0n) is 10.7. The topological polar surface area (TPSA) is 70.0 Å². The van der Waals surface area contributed by atoms with Crippen molar-refractivity contribution in [2.24, 2.45) is 4.99 Å². The van der Waals surface area contributed by atoms with Crippen molar-refractivity contribution in [3.8, 4) is 0 Å². The molecular weight excluding hydrogens is 283 g/mol. The number of nitrogens with zero attached hydrogens (tertiary/aromatic N) is 2. The maximum atomic E-state index is 12.8. The number of hydrogen-bond donors (Lipinski definition) is 1. The highest BCUT2D eigenvalue weighted by molar-refractivity contribution is 8.15. The first kappa shape index (κ1) is 14.5. The molecule has 106 valence electrons. The Morgan fingerprint density at radius 3 is 2.65 bits per heavy atom. The van der Waals surface area contributed by atoms with Crippen molar-refractivity contribution in [1.82, 2.24) is 4.90 Å². The van der Waals surface area contributed by atoms with Gasteiger partial charge in [0, 0.05) is 6.54 Å². The molecule has 1 atom stereocenters. The van der Waals surface area contributed by atoms with Gasteiger partial charge in [-0.05, 0) is 31.2 Å². The van der Waals surface area contributed by atoms with E-state index >= 15 is 0 Å². The highest BCUT2D eigenvalue weighted by atomic mass is 32.2. The van der Waals surface area contributed by atoms with E-state index in [1.807, 2.05) is 0 Å². The van der Waals surface area contributed by atoms with Crippen molar-refractivity contribution in [3.63, 3.8) is 0 Å². The van der Waals surface area contributed by atoms with Gasteiger partial charge in [0.25, 0.3) is 0 Å². The summed E-state index contributed by atoms with van der Waals surface area (Å²) in [6.07, 6.45) is -0.234. The van der Waals surface area contributed by atoms with E-state index in [1.54, 1.807) is 6.92 Å². The van der Waals surface area contributed by atoms with Crippen LogP contribution in [0.5, 0.6) is 0 Å². The number of benzene rings is 1. The van der Waals surface area contributed by atoms with E-state index in [0.717, 1.165) is 11.8 Å². The van der Waals surface area contributed by atoms with Crippen molar-refractivity contribution < 1.29 is 19.1 Å². The van der Waals surface area contributed by atoms with Gasteiger partial charge in [-0.15, -0.1) is 0 Å². The average molecular weight is 296 g/mol. The standard InChI is InChI=1S/C13H13FN2O3S/c1-2-16-12(19)10(7-11(17)18)20-13(16)15-9-5-3-8(14)4-6-9/h3-6,10H,2,7H2,1H3,(H,17,18)/t10-/m0/s1. The molecule has 2 rings (SSSR count). The van der Waals surface area contributed by atoms with Crippen LogP contribution in [0.3, 0.4) is 0 Å². The van der Waals surface area contributed by atoms with Crippen molar-refractivity contribution in [2.75, 3.05) is 6.54 Å². The maximum Gasteiger partial charge on any atom is 0.305 e. The molecule has 0 spiro atoms. The molecule has 0 saturated carbocycles. The van der Waals surface area contributed by atoms with Crippen molar-refractivity contribution in [1.29, 1.82) is 0 Å². The molecule has 1 aromatic carbocycles. The van der Waals surface area contributed by atoms with Crippen LogP contribution in [0.15, 0.2) is 29.3 Å². The summed E-state index contributed by atoms with van der Waals surface area (Å²) >= 11 is 1.13. The molecule has 0 aliphatic carbocycles. The molecule has 1 saturated heterocycles. The number of thioether (sulfide) groups is 1. The summed E-state index contributed by atoms with van der Waals surface area (Å²) in [7, 11) is 0. The fourth-order valence-electron chi connectivity index (χ4n) is 1.80. The molecule has 0 bridgehead atoms. The van der Waals surface area contributed by atoms with Crippen LogP contribution in [0, 0.1) is 5.82 Å². The Morgan fingerprint density at radius 2 is 2.10 bits per heavy atom. The van der Waals surface area contributed by atoms with E-state index in [2.05, 4.69) is 4.99 Å². The number of carbonyl (C=O) groups is 2. The maximum absolute atomic E-state index is 12.8. The van der Waals surface area contributed by atoms with Gasteiger partial charge in [0.15, 0.2) is 5.17 Å². The molecule has 1 aliphatic heterocycles. The number of rotatable bonds is 4. The van der Waals surface area contributed by atoms with Crippen LogP contribution in [0.4, 0.5) is 10.1 Å². The zero-order chi connectivity index (χ0) is 14.7. The number of aliphatic carboxylic acids is 1. The Hall–Kier alpha value is -1.89. The fourth-order valence-corrected chi connectivity index (χ4v) is 3.01. The van der Waals surface area contributed by atoms with E-state index in [0.29, 0.717) is 17.4 Å². The van der Waals surface area contributed by atoms with E-state index in [4.69, 9.17) is 5.11 Å². The fraction of sp³-hybridized carbons (Fsp3) is 0.308. The number of carboxylic acid groups (broad SMARTS) is 1. The van der Waals surface area contributed by atoms with Crippen molar-refractivity contribution in [3.05, 3.63) is 30.1 Å². The minimum Gasteiger partial charge on any atom is -0.481 e. The molecule has 1 fully saturated rings. The third-order valence-corrected chi connectivity index (χ3v) is 3.92. The smallest absolute Gasteiger partial charge is 0.305 e. The molecule has 1 aliphatic rings. The third kappa shape index (κ3) is 3.16. The molecule has 1 N–H and O–H groups in total. The Balaban J connectivity index is 2.24. The number of amidine groups is 1. The first-order valence-electron chi connectivity index (χ1n) is 6.05. The lowest BCUT2D eigenvalue weighted by molar-refractivity contribution is -0.139. The second-order valence-electron chi connectivity index (χ2n) is 4.16. The van der Waals surface area contributed by atoms with Crippen LogP contribution < -0.4 is 0 Å². The van der Waals surface area contributed by atoms with Crippen LogP contribution in [0.1, 0.15) is 13.3 Å². The third-order valence-electron chi connectivity index (χ3n) is 2.75. The average Bonchev–Trinajstić information content (AvgIpc) is 2.67. The van der Waals surface area contributed by atoms with Crippen LogP contribution in [0.2, 0.25) is 0 Å². The Bertz CT molecular complexity index is 559. The zero-order valence-corrected chi connectivity index (χ0v) is 11.6. The molecule has 1 heterocycles. The first-order valence-corrected chi connectivity index (χ1v) is 6.93.